The smallest absolute Gasteiger partial charge is 0.255 e. The van der Waals surface area contributed by atoms with Gasteiger partial charge in [0.15, 0.2) is 0 Å². The summed E-state index contributed by atoms with van der Waals surface area (Å²) in [5, 5.41) is 0. The molecule has 182 valence electrons. The molecule has 34 heavy (non-hydrogen) atoms. The van der Waals surface area contributed by atoms with Crippen LogP contribution in [0.3, 0.4) is 0 Å². The van der Waals surface area contributed by atoms with E-state index < -0.39 is 0 Å². The Morgan fingerprint density at radius 1 is 0.912 bits per heavy atom. The quantitative estimate of drug-likeness (QED) is 0.666. The number of aromatic nitrogens is 2. The fraction of sp³-hybridized carbons (Fsp3) is 0.607. The predicted octanol–water partition coefficient (Wildman–Crippen LogP) is 4.26. The van der Waals surface area contributed by atoms with E-state index in [0.717, 1.165) is 87.3 Å². The van der Waals surface area contributed by atoms with Gasteiger partial charge in [-0.1, -0.05) is 25.3 Å². The lowest BCUT2D eigenvalue weighted by Gasteiger charge is -2.41. The van der Waals surface area contributed by atoms with Crippen LogP contribution in [0.25, 0.3) is 0 Å². The molecule has 0 N–H and O–H groups in total. The lowest BCUT2D eigenvalue weighted by molar-refractivity contribution is 0.0521. The molecule has 6 nitrogen and oxygen atoms in total. The molecule has 0 spiro atoms. The van der Waals surface area contributed by atoms with Crippen molar-refractivity contribution in [2.24, 2.45) is 0 Å². The predicted molar refractivity (Wildman–Crippen MR) is 135 cm³/mol. The molecule has 1 saturated carbocycles. The van der Waals surface area contributed by atoms with Crippen molar-refractivity contribution in [1.82, 2.24) is 24.7 Å². The van der Waals surface area contributed by atoms with Crippen LogP contribution < -0.4 is 0 Å². The van der Waals surface area contributed by atoms with Gasteiger partial charge in [0.2, 0.25) is 0 Å². The number of carbonyl (C=O) groups is 1. The van der Waals surface area contributed by atoms with Crippen LogP contribution in [0.4, 0.5) is 0 Å². The highest BCUT2D eigenvalue weighted by molar-refractivity contribution is 5.95. The van der Waals surface area contributed by atoms with Gasteiger partial charge in [-0.3, -0.25) is 24.6 Å². The van der Waals surface area contributed by atoms with Gasteiger partial charge in [0.05, 0.1) is 17.0 Å². The van der Waals surface area contributed by atoms with Gasteiger partial charge in [-0.05, 0) is 70.0 Å². The molecule has 4 heterocycles. The summed E-state index contributed by atoms with van der Waals surface area (Å²) in [4.78, 5) is 30.2. The van der Waals surface area contributed by atoms with Crippen LogP contribution in [0.5, 0.6) is 0 Å². The summed E-state index contributed by atoms with van der Waals surface area (Å²) >= 11 is 0. The van der Waals surface area contributed by atoms with Crippen molar-refractivity contribution in [2.45, 2.75) is 70.4 Å². The highest BCUT2D eigenvalue weighted by Gasteiger charge is 2.31. The van der Waals surface area contributed by atoms with E-state index in [0.29, 0.717) is 5.92 Å². The van der Waals surface area contributed by atoms with Gasteiger partial charge in [0.1, 0.15) is 0 Å². The molecule has 0 radical (unpaired) electrons. The van der Waals surface area contributed by atoms with E-state index in [1.54, 1.807) is 0 Å². The Morgan fingerprint density at radius 2 is 1.68 bits per heavy atom. The Hall–Kier alpha value is -2.31. The second kappa shape index (κ2) is 11.0. The maximum absolute atomic E-state index is 13.6. The number of hydrogen-bond donors (Lipinski definition) is 0. The Kier molecular flexibility index (Phi) is 7.55. The number of piperidine rings is 1. The zero-order chi connectivity index (χ0) is 23.3. The van der Waals surface area contributed by atoms with Gasteiger partial charge in [-0.15, -0.1) is 0 Å². The highest BCUT2D eigenvalue weighted by Crippen LogP contribution is 2.31. The first-order valence-corrected chi connectivity index (χ1v) is 13.3. The normalized spacial score (nSPS) is 21.6. The third-order valence-electron chi connectivity index (χ3n) is 8.07. The van der Waals surface area contributed by atoms with Gasteiger partial charge in [0, 0.05) is 56.6 Å². The van der Waals surface area contributed by atoms with Crippen molar-refractivity contribution in [1.29, 1.82) is 0 Å². The minimum atomic E-state index is 0.182. The zero-order valence-electron chi connectivity index (χ0n) is 20.7. The molecule has 6 heteroatoms. The lowest BCUT2D eigenvalue weighted by Crippen LogP contribution is -2.52. The van der Waals surface area contributed by atoms with E-state index in [1.165, 1.54) is 32.1 Å². The number of piperazine rings is 1. The third kappa shape index (κ3) is 5.49. The van der Waals surface area contributed by atoms with Crippen LogP contribution in [-0.2, 0) is 6.54 Å². The van der Waals surface area contributed by atoms with Crippen LogP contribution in [-0.4, -0.2) is 75.9 Å². The average Bonchev–Trinajstić information content (AvgIpc) is 2.90. The molecular formula is C28H39N5O. The Morgan fingerprint density at radius 3 is 2.38 bits per heavy atom. The first kappa shape index (κ1) is 23.4. The second-order valence-electron chi connectivity index (χ2n) is 10.4. The summed E-state index contributed by atoms with van der Waals surface area (Å²) in [6.07, 6.45) is 10.7. The maximum atomic E-state index is 13.6. The summed E-state index contributed by atoms with van der Waals surface area (Å²) in [6, 6.07) is 10.9. The van der Waals surface area contributed by atoms with E-state index >= 15 is 0 Å². The fourth-order valence-electron chi connectivity index (χ4n) is 6.06. The highest BCUT2D eigenvalue weighted by atomic mass is 16.2. The first-order chi connectivity index (χ1) is 16.7. The Labute approximate surface area is 204 Å². The Bertz CT molecular complexity index is 943. The number of carbonyl (C=O) groups excluding carboxylic acids is 1. The molecule has 3 aliphatic rings. The van der Waals surface area contributed by atoms with E-state index in [1.807, 2.05) is 31.3 Å². The molecule has 2 aromatic heterocycles. The zero-order valence-corrected chi connectivity index (χ0v) is 20.7. The van der Waals surface area contributed by atoms with E-state index in [4.69, 9.17) is 4.98 Å². The van der Waals surface area contributed by atoms with Crippen molar-refractivity contribution >= 4 is 5.91 Å². The summed E-state index contributed by atoms with van der Waals surface area (Å²) in [5.74, 6) is 0.532. The van der Waals surface area contributed by atoms with Crippen molar-refractivity contribution in [3.05, 3.63) is 59.2 Å². The van der Waals surface area contributed by atoms with Crippen molar-refractivity contribution < 1.29 is 4.79 Å². The number of rotatable bonds is 5. The van der Waals surface area contributed by atoms with Crippen molar-refractivity contribution in [3.8, 4) is 0 Å². The van der Waals surface area contributed by atoms with Gasteiger partial charge >= 0.3 is 0 Å². The third-order valence-corrected chi connectivity index (χ3v) is 8.07. The monoisotopic (exact) mass is 461 g/mol. The topological polar surface area (TPSA) is 52.6 Å². The van der Waals surface area contributed by atoms with Gasteiger partial charge < -0.3 is 4.90 Å². The largest absolute Gasteiger partial charge is 0.336 e. The molecule has 5 rings (SSSR count). The van der Waals surface area contributed by atoms with Gasteiger partial charge in [-0.25, -0.2) is 0 Å². The molecule has 2 aliphatic heterocycles. The molecule has 0 bridgehead atoms. The summed E-state index contributed by atoms with van der Waals surface area (Å²) in [5.41, 5.74) is 3.99. The molecule has 0 aromatic carbocycles. The van der Waals surface area contributed by atoms with Gasteiger partial charge in [-0.2, -0.15) is 0 Å². The number of likely N-dealkylation sites (tertiary alicyclic amines) is 1. The summed E-state index contributed by atoms with van der Waals surface area (Å²) < 4.78 is 0. The average molecular weight is 462 g/mol. The van der Waals surface area contributed by atoms with Crippen LogP contribution >= 0.6 is 0 Å². The van der Waals surface area contributed by atoms with Crippen molar-refractivity contribution in [3.63, 3.8) is 0 Å². The molecule has 3 fully saturated rings. The Balaban J connectivity index is 1.21. The maximum Gasteiger partial charge on any atom is 0.255 e. The SMILES string of the molecule is Cc1ccc(C(=O)N2CCN(C3CCCCC3)CC2)c(C2CCN(Cc3ccccn3)CC2)n1. The standard InChI is InChI=1S/C28H39N5O/c1-22-10-11-26(28(34)33-19-17-32(18-20-33)25-8-3-2-4-9-25)27(30-22)23-12-15-31(16-13-23)21-24-7-5-6-14-29-24/h5-7,10-11,14,23,25H,2-4,8-9,12-13,15-21H2,1H3. The number of pyridine rings is 2. The second-order valence-corrected chi connectivity index (χ2v) is 10.4. The van der Waals surface area contributed by atoms with Crippen LogP contribution in [0.15, 0.2) is 36.5 Å². The van der Waals surface area contributed by atoms with Crippen molar-refractivity contribution in [2.75, 3.05) is 39.3 Å². The number of nitrogens with zero attached hydrogens (tertiary/aromatic N) is 5. The van der Waals surface area contributed by atoms with Crippen LogP contribution in [0, 0.1) is 6.92 Å². The molecule has 0 unspecified atom stereocenters. The molecule has 1 amide bonds. The number of amides is 1. The fourth-order valence-corrected chi connectivity index (χ4v) is 6.06. The molecule has 0 atom stereocenters. The number of aryl methyl sites for hydroxylation is 1. The lowest BCUT2D eigenvalue weighted by atomic mass is 9.89. The number of hydrogen-bond acceptors (Lipinski definition) is 5. The van der Waals surface area contributed by atoms with E-state index in [-0.39, 0.29) is 5.91 Å². The minimum Gasteiger partial charge on any atom is -0.336 e. The summed E-state index contributed by atoms with van der Waals surface area (Å²) in [6.45, 7) is 8.67. The molecular weight excluding hydrogens is 422 g/mol. The molecule has 2 aromatic rings. The van der Waals surface area contributed by atoms with Crippen LogP contribution in [0.2, 0.25) is 0 Å². The first-order valence-electron chi connectivity index (χ1n) is 13.3. The van der Waals surface area contributed by atoms with Crippen LogP contribution in [0.1, 0.15) is 78.3 Å². The van der Waals surface area contributed by atoms with Gasteiger partial charge in [0.25, 0.3) is 5.91 Å². The molecule has 2 saturated heterocycles. The summed E-state index contributed by atoms with van der Waals surface area (Å²) in [7, 11) is 0. The van der Waals surface area contributed by atoms with E-state index in [2.05, 4.69) is 31.8 Å². The minimum absolute atomic E-state index is 0.182. The van der Waals surface area contributed by atoms with E-state index in [9.17, 15) is 4.79 Å². The molecule has 1 aliphatic carbocycles.